The first-order chi connectivity index (χ1) is 11.2. The molecule has 1 rings (SSSR count). The van der Waals surface area contributed by atoms with Crippen LogP contribution in [0.2, 0.25) is 0 Å². The Morgan fingerprint density at radius 1 is 1.28 bits per heavy atom. The van der Waals surface area contributed by atoms with E-state index in [1.807, 2.05) is 0 Å². The van der Waals surface area contributed by atoms with Gasteiger partial charge in [0.05, 0.1) is 33.2 Å². The normalized spacial score (nSPS) is 31.8. The van der Waals surface area contributed by atoms with Gasteiger partial charge in [-0.3, -0.25) is 13.4 Å². The monoisotopic (exact) mass is 423 g/mol. The van der Waals surface area contributed by atoms with Crippen LogP contribution in [0.1, 0.15) is 13.3 Å². The predicted octanol–water partition coefficient (Wildman–Crippen LogP) is -1.98. The van der Waals surface area contributed by atoms with Crippen molar-refractivity contribution in [2.24, 2.45) is 5.11 Å². The number of hydrogen-bond acceptors (Lipinski definition) is 13. The van der Waals surface area contributed by atoms with Crippen LogP contribution in [0.3, 0.4) is 0 Å². The molecule has 0 bridgehead atoms. The molecule has 0 aromatic rings. The molecule has 1 aliphatic heterocycles. The fraction of sp³-hybridized carbons (Fsp3) is 1.00. The van der Waals surface area contributed by atoms with Crippen molar-refractivity contribution < 1.29 is 56.3 Å². The second-order valence-electron chi connectivity index (χ2n) is 4.91. The van der Waals surface area contributed by atoms with Gasteiger partial charge in [0, 0.05) is 11.3 Å². The highest BCUT2D eigenvalue weighted by Crippen LogP contribution is 2.60. The third-order valence-corrected chi connectivity index (χ3v) is 6.51. The molecule has 0 radical (unpaired) electrons. The molecule has 0 aromatic heterocycles. The standard InChI is InChI=1S/C7H16N3O12P3/c1-5-2-6(11)7(20-5,3-9-10-8)4-19-24(15,16)22-25(17,18)21-23(12,13)14/h5-6,11H,2-4H2,1H3,(H,15,16)(H,17,18)(H2,12,13,14)/p-4/t5-,6+,7+/m0/s1. The minimum absolute atomic E-state index is 0.0348. The fourth-order valence-corrected chi connectivity index (χ4v) is 4.91. The van der Waals surface area contributed by atoms with Gasteiger partial charge in [-0.1, -0.05) is 5.11 Å². The van der Waals surface area contributed by atoms with Crippen molar-refractivity contribution >= 4 is 23.5 Å². The molecule has 15 nitrogen and oxygen atoms in total. The van der Waals surface area contributed by atoms with Gasteiger partial charge in [-0.05, 0) is 12.5 Å². The number of phosphoric ester groups is 1. The zero-order valence-electron chi connectivity index (χ0n) is 12.4. The third-order valence-electron chi connectivity index (χ3n) is 2.87. The zero-order chi connectivity index (χ0) is 19.5. The van der Waals surface area contributed by atoms with Gasteiger partial charge in [0.2, 0.25) is 0 Å². The van der Waals surface area contributed by atoms with Crippen LogP contribution < -0.4 is 19.6 Å². The van der Waals surface area contributed by atoms with Gasteiger partial charge in [0.25, 0.3) is 15.6 Å². The molecule has 1 saturated heterocycles. The first-order valence-corrected chi connectivity index (χ1v) is 10.7. The Bertz CT molecular complexity index is 675. The maximum atomic E-state index is 11.5. The van der Waals surface area contributed by atoms with Gasteiger partial charge in [-0.2, -0.15) is 0 Å². The summed E-state index contributed by atoms with van der Waals surface area (Å²) in [5.74, 6) is 0. The average Bonchev–Trinajstić information content (AvgIpc) is 2.65. The molecule has 0 aliphatic carbocycles. The molecule has 0 saturated carbocycles. The van der Waals surface area contributed by atoms with Crippen LogP contribution in [0.25, 0.3) is 10.4 Å². The van der Waals surface area contributed by atoms with E-state index in [1.54, 1.807) is 0 Å². The molecule has 146 valence electrons. The summed E-state index contributed by atoms with van der Waals surface area (Å²) in [6.45, 7) is -0.0599. The van der Waals surface area contributed by atoms with Crippen LogP contribution in [0, 0.1) is 0 Å². The van der Waals surface area contributed by atoms with Gasteiger partial charge in [-0.25, -0.2) is 4.31 Å². The lowest BCUT2D eigenvalue weighted by Gasteiger charge is -2.38. The number of ether oxygens (including phenoxy) is 1. The Kier molecular flexibility index (Phi) is 7.36. The highest BCUT2D eigenvalue weighted by molar-refractivity contribution is 7.64. The summed E-state index contributed by atoms with van der Waals surface area (Å²) in [5.41, 5.74) is 6.53. The van der Waals surface area contributed by atoms with Gasteiger partial charge in [0.15, 0.2) is 0 Å². The summed E-state index contributed by atoms with van der Waals surface area (Å²) in [5, 5.41) is 13.1. The number of azide groups is 1. The molecule has 18 heteroatoms. The Balaban J connectivity index is 2.84. The SMILES string of the molecule is C[C@H]1C[C@@H](O)[C@@](CN=[N+]=[N-])(COP(=O)([O-])OP(=O)([O-])OP(=O)([O-])[O-])O1. The van der Waals surface area contributed by atoms with Crippen LogP contribution in [0.5, 0.6) is 0 Å². The number of phosphoric acid groups is 3. The summed E-state index contributed by atoms with van der Waals surface area (Å²) in [7, 11) is -17.9. The number of aliphatic hydroxyl groups excluding tert-OH is 1. The van der Waals surface area contributed by atoms with Crippen LogP contribution in [0.4, 0.5) is 0 Å². The van der Waals surface area contributed by atoms with E-state index in [0.29, 0.717) is 0 Å². The maximum absolute atomic E-state index is 11.5. The second kappa shape index (κ2) is 8.12. The van der Waals surface area contributed by atoms with E-state index >= 15 is 0 Å². The summed E-state index contributed by atoms with van der Waals surface area (Å²) in [6, 6.07) is 0. The first kappa shape index (κ1) is 22.7. The van der Waals surface area contributed by atoms with Gasteiger partial charge in [-0.15, -0.1) is 0 Å². The van der Waals surface area contributed by atoms with Crippen molar-refractivity contribution in [3.8, 4) is 0 Å². The fourth-order valence-electron chi connectivity index (χ4n) is 2.00. The maximum Gasteiger partial charge on any atom is 0.278 e. The van der Waals surface area contributed by atoms with E-state index in [2.05, 4.69) is 23.2 Å². The first-order valence-electron chi connectivity index (χ1n) is 6.28. The Labute approximate surface area is 140 Å². The Morgan fingerprint density at radius 2 is 1.88 bits per heavy atom. The predicted molar refractivity (Wildman–Crippen MR) is 68.9 cm³/mol. The van der Waals surface area contributed by atoms with Crippen molar-refractivity contribution in [1.82, 2.24) is 0 Å². The molecule has 1 fully saturated rings. The van der Waals surface area contributed by atoms with E-state index in [1.165, 1.54) is 6.92 Å². The van der Waals surface area contributed by atoms with Crippen molar-refractivity contribution in [2.75, 3.05) is 13.2 Å². The van der Waals surface area contributed by atoms with Crippen LogP contribution in [-0.4, -0.2) is 36.1 Å². The van der Waals surface area contributed by atoms with Crippen LogP contribution in [0.15, 0.2) is 5.11 Å². The quantitative estimate of drug-likeness (QED) is 0.183. The largest absolute Gasteiger partial charge is 0.790 e. The van der Waals surface area contributed by atoms with Crippen molar-refractivity contribution in [1.29, 1.82) is 0 Å². The lowest BCUT2D eigenvalue weighted by molar-refractivity contribution is -0.339. The van der Waals surface area contributed by atoms with Crippen molar-refractivity contribution in [3.05, 3.63) is 10.4 Å². The van der Waals surface area contributed by atoms with Crippen LogP contribution in [-0.2, 0) is 31.6 Å². The summed E-state index contributed by atoms with van der Waals surface area (Å²) in [6.07, 6.45) is -1.86. The summed E-state index contributed by atoms with van der Waals surface area (Å²) >= 11 is 0. The molecule has 25 heavy (non-hydrogen) atoms. The highest BCUT2D eigenvalue weighted by Gasteiger charge is 2.47. The van der Waals surface area contributed by atoms with Gasteiger partial charge in [0.1, 0.15) is 5.60 Å². The molecule has 1 N–H and O–H groups in total. The molecule has 0 spiro atoms. The van der Waals surface area contributed by atoms with E-state index in [9.17, 15) is 38.4 Å². The van der Waals surface area contributed by atoms with Gasteiger partial charge >= 0.3 is 0 Å². The number of hydrogen-bond donors (Lipinski definition) is 1. The highest BCUT2D eigenvalue weighted by atomic mass is 31.3. The second-order valence-corrected chi connectivity index (χ2v) is 9.16. The van der Waals surface area contributed by atoms with E-state index in [4.69, 9.17) is 10.3 Å². The molecule has 0 aromatic carbocycles. The van der Waals surface area contributed by atoms with E-state index in [0.717, 1.165) is 0 Å². The van der Waals surface area contributed by atoms with Gasteiger partial charge < -0.3 is 38.5 Å². The average molecular weight is 423 g/mol. The minimum Gasteiger partial charge on any atom is -0.790 e. The number of rotatable bonds is 9. The summed E-state index contributed by atoms with van der Waals surface area (Å²) < 4.78 is 48.7. The lowest BCUT2D eigenvalue weighted by atomic mass is 9.98. The molecule has 1 heterocycles. The molecule has 5 atom stereocenters. The molecule has 1 aliphatic rings. The minimum atomic E-state index is -6.10. The van der Waals surface area contributed by atoms with E-state index < -0.39 is 54.4 Å². The molecular formula is C7H12N3O12P3-4. The Morgan fingerprint density at radius 3 is 2.32 bits per heavy atom. The molecular weight excluding hydrogens is 411 g/mol. The third kappa shape index (κ3) is 7.41. The number of aliphatic hydroxyl groups is 1. The van der Waals surface area contributed by atoms with Crippen molar-refractivity contribution in [3.63, 3.8) is 0 Å². The molecule has 0 amide bonds. The Hall–Kier alpha value is -0.360. The van der Waals surface area contributed by atoms with Crippen LogP contribution >= 0.6 is 23.5 Å². The smallest absolute Gasteiger partial charge is 0.278 e. The summed E-state index contributed by atoms with van der Waals surface area (Å²) in [4.78, 5) is 45.4. The topological polar surface area (TPSA) is 249 Å². The number of nitrogens with zero attached hydrogens (tertiary/aromatic N) is 3. The molecule has 2 unspecified atom stereocenters. The lowest BCUT2D eigenvalue weighted by Crippen LogP contribution is -2.47. The zero-order valence-corrected chi connectivity index (χ0v) is 15.1. The van der Waals surface area contributed by atoms with Crippen molar-refractivity contribution in [2.45, 2.75) is 31.2 Å². The van der Waals surface area contributed by atoms with E-state index in [-0.39, 0.29) is 6.42 Å².